The molecule has 3 heterocycles. The van der Waals surface area contributed by atoms with Crippen LogP contribution in [0.25, 0.3) is 10.9 Å². The third kappa shape index (κ3) is 4.56. The molecule has 0 bridgehead atoms. The van der Waals surface area contributed by atoms with E-state index in [9.17, 15) is 17.2 Å². The maximum absolute atomic E-state index is 14.0. The topological polar surface area (TPSA) is 56.8 Å². The predicted octanol–water partition coefficient (Wildman–Crippen LogP) is 5.01. The first-order chi connectivity index (χ1) is 17.7. The Balaban J connectivity index is 1.28. The number of sulfonamides is 1. The fourth-order valence-corrected chi connectivity index (χ4v) is 7.68. The largest absolute Gasteiger partial charge is 0.370 e. The quantitative estimate of drug-likeness (QED) is 0.452. The van der Waals surface area contributed by atoms with Crippen LogP contribution in [0.1, 0.15) is 25.7 Å². The van der Waals surface area contributed by atoms with Crippen molar-refractivity contribution in [2.24, 2.45) is 11.8 Å². The molecule has 2 saturated heterocycles. The highest BCUT2D eigenvalue weighted by molar-refractivity contribution is 7.89. The van der Waals surface area contributed by atoms with E-state index in [1.165, 1.54) is 4.31 Å². The lowest BCUT2D eigenvalue weighted by molar-refractivity contribution is 0.0755. The van der Waals surface area contributed by atoms with Crippen molar-refractivity contribution in [1.82, 2.24) is 9.29 Å². The van der Waals surface area contributed by atoms with Crippen LogP contribution in [0, 0.1) is 11.8 Å². The Labute approximate surface area is 216 Å². The number of piperidine rings is 1. The average Bonchev–Trinajstić information content (AvgIpc) is 3.31. The number of para-hydroxylation sites is 2. The van der Waals surface area contributed by atoms with Crippen LogP contribution < -0.4 is 9.80 Å². The molecule has 196 valence electrons. The number of aromatic nitrogens is 1. The Bertz CT molecular complexity index is 1390. The lowest BCUT2D eigenvalue weighted by Gasteiger charge is -2.32. The molecule has 6 nitrogen and oxygen atoms in total. The van der Waals surface area contributed by atoms with Crippen molar-refractivity contribution in [3.8, 4) is 0 Å². The molecular formula is C28H32F2N4O2S. The summed E-state index contributed by atoms with van der Waals surface area (Å²) in [7, 11) is -1.77. The van der Waals surface area contributed by atoms with Crippen molar-refractivity contribution in [2.45, 2.75) is 42.5 Å². The molecule has 9 heteroatoms. The monoisotopic (exact) mass is 526 g/mol. The van der Waals surface area contributed by atoms with Crippen LogP contribution in [-0.4, -0.2) is 62.9 Å². The van der Waals surface area contributed by atoms with Crippen molar-refractivity contribution in [3.63, 3.8) is 0 Å². The van der Waals surface area contributed by atoms with Gasteiger partial charge in [0.2, 0.25) is 10.0 Å². The fraction of sp³-hybridized carbons (Fsp3) is 0.464. The first-order valence-corrected chi connectivity index (χ1v) is 14.5. The number of anilines is 2. The Kier molecular flexibility index (Phi) is 6.11. The molecule has 1 aliphatic carbocycles. The SMILES string of the molecule is CN(c1ccccc1)C1CCN(c2nc3ccccc3cc2S(=O)(=O)N2CCC(C3CC3(F)F)CC2)C1. The summed E-state index contributed by atoms with van der Waals surface area (Å²) in [5.41, 5.74) is 1.88. The van der Waals surface area contributed by atoms with Crippen LogP contribution in [0.15, 0.2) is 65.6 Å². The zero-order chi connectivity index (χ0) is 25.8. The molecule has 2 unspecified atom stereocenters. The lowest BCUT2D eigenvalue weighted by Crippen LogP contribution is -2.40. The molecule has 3 aliphatic rings. The van der Waals surface area contributed by atoms with Gasteiger partial charge in [-0.05, 0) is 49.4 Å². The number of nitrogens with zero attached hydrogens (tertiary/aromatic N) is 4. The number of halogens is 2. The minimum absolute atomic E-state index is 0.0588. The lowest BCUT2D eigenvalue weighted by atomic mass is 9.93. The van der Waals surface area contributed by atoms with Gasteiger partial charge < -0.3 is 9.80 Å². The number of alkyl halides is 2. The Morgan fingerprint density at radius 3 is 2.35 bits per heavy atom. The van der Waals surface area contributed by atoms with Crippen LogP contribution in [0.2, 0.25) is 0 Å². The van der Waals surface area contributed by atoms with E-state index < -0.39 is 21.9 Å². The standard InChI is InChI=1S/C28H32F2N4O2S/c1-32(22-8-3-2-4-9-22)23-13-14-33(19-23)27-26(17-21-7-5-6-10-25(21)31-27)37(35,36)34-15-11-20(12-16-34)24-18-28(24,29)30/h2-10,17,20,23-24H,11-16,18-19H2,1H3. The summed E-state index contributed by atoms with van der Waals surface area (Å²) < 4.78 is 56.6. The van der Waals surface area contributed by atoms with Crippen molar-refractivity contribution in [1.29, 1.82) is 0 Å². The van der Waals surface area contributed by atoms with Gasteiger partial charge in [-0.25, -0.2) is 22.2 Å². The highest BCUT2D eigenvalue weighted by Crippen LogP contribution is 2.55. The zero-order valence-corrected chi connectivity index (χ0v) is 21.7. The van der Waals surface area contributed by atoms with Gasteiger partial charge in [-0.2, -0.15) is 4.31 Å². The van der Waals surface area contributed by atoms with Gasteiger partial charge >= 0.3 is 0 Å². The van der Waals surface area contributed by atoms with Gasteiger partial charge in [0.25, 0.3) is 5.92 Å². The molecule has 1 aromatic heterocycles. The van der Waals surface area contributed by atoms with E-state index in [1.54, 1.807) is 6.07 Å². The first kappa shape index (κ1) is 24.6. The number of hydrogen-bond acceptors (Lipinski definition) is 5. The second-order valence-corrected chi connectivity index (χ2v) is 12.6. The second kappa shape index (κ2) is 9.20. The number of benzene rings is 2. The molecule has 6 rings (SSSR count). The Morgan fingerprint density at radius 1 is 0.973 bits per heavy atom. The molecule has 1 saturated carbocycles. The van der Waals surface area contributed by atoms with Crippen molar-refractivity contribution in [2.75, 3.05) is 43.0 Å². The second-order valence-electron chi connectivity index (χ2n) is 10.7. The van der Waals surface area contributed by atoms with Gasteiger partial charge in [-0.15, -0.1) is 0 Å². The van der Waals surface area contributed by atoms with Crippen LogP contribution >= 0.6 is 0 Å². The smallest absolute Gasteiger partial charge is 0.251 e. The highest BCUT2D eigenvalue weighted by atomic mass is 32.2. The van der Waals surface area contributed by atoms with Crippen molar-refractivity contribution in [3.05, 3.63) is 60.7 Å². The average molecular weight is 527 g/mol. The van der Waals surface area contributed by atoms with Crippen molar-refractivity contribution < 1.29 is 17.2 Å². The number of rotatable bonds is 6. The molecule has 0 amide bonds. The summed E-state index contributed by atoms with van der Waals surface area (Å²) >= 11 is 0. The van der Waals surface area contributed by atoms with Gasteiger partial charge in [0, 0.05) is 62.7 Å². The van der Waals surface area contributed by atoms with E-state index in [1.807, 2.05) is 42.5 Å². The molecule has 3 aromatic rings. The number of pyridine rings is 1. The van der Waals surface area contributed by atoms with E-state index in [0.717, 1.165) is 23.0 Å². The van der Waals surface area contributed by atoms with Crippen LogP contribution in [-0.2, 0) is 10.0 Å². The summed E-state index contributed by atoms with van der Waals surface area (Å²) in [6.45, 7) is 1.91. The third-order valence-electron chi connectivity index (χ3n) is 8.40. The van der Waals surface area contributed by atoms with Gasteiger partial charge in [0.15, 0.2) is 0 Å². The van der Waals surface area contributed by atoms with Gasteiger partial charge in [0.1, 0.15) is 10.7 Å². The molecule has 0 spiro atoms. The third-order valence-corrected chi connectivity index (χ3v) is 10.3. The molecule has 2 atom stereocenters. The molecule has 2 aliphatic heterocycles. The highest BCUT2D eigenvalue weighted by Gasteiger charge is 2.60. The predicted molar refractivity (Wildman–Crippen MR) is 142 cm³/mol. The van der Waals surface area contributed by atoms with Crippen LogP contribution in [0.5, 0.6) is 0 Å². The van der Waals surface area contributed by atoms with Gasteiger partial charge in [-0.1, -0.05) is 36.4 Å². The fourth-order valence-electron chi connectivity index (χ4n) is 6.03. The number of hydrogen-bond donors (Lipinski definition) is 0. The van der Waals surface area contributed by atoms with Crippen LogP contribution in [0.4, 0.5) is 20.3 Å². The Morgan fingerprint density at radius 2 is 1.65 bits per heavy atom. The van der Waals surface area contributed by atoms with Gasteiger partial charge in [0.05, 0.1) is 5.52 Å². The summed E-state index contributed by atoms with van der Waals surface area (Å²) in [5.74, 6) is -2.78. The van der Waals surface area contributed by atoms with E-state index >= 15 is 0 Å². The molecule has 0 radical (unpaired) electrons. The summed E-state index contributed by atoms with van der Waals surface area (Å²) in [4.78, 5) is 9.40. The van der Waals surface area contributed by atoms with E-state index in [0.29, 0.717) is 31.7 Å². The molecule has 3 fully saturated rings. The van der Waals surface area contributed by atoms with E-state index in [-0.39, 0.29) is 36.4 Å². The maximum Gasteiger partial charge on any atom is 0.251 e. The minimum Gasteiger partial charge on any atom is -0.370 e. The maximum atomic E-state index is 14.0. The number of likely N-dealkylation sites (N-methyl/N-ethyl adjacent to an activating group) is 1. The first-order valence-electron chi connectivity index (χ1n) is 13.0. The normalized spacial score (nSPS) is 24.5. The summed E-state index contributed by atoms with van der Waals surface area (Å²) in [5, 5.41) is 0.773. The van der Waals surface area contributed by atoms with E-state index in [4.69, 9.17) is 4.98 Å². The molecule has 2 aromatic carbocycles. The molecule has 37 heavy (non-hydrogen) atoms. The molecular weight excluding hydrogens is 494 g/mol. The Hall–Kier alpha value is -2.78. The zero-order valence-electron chi connectivity index (χ0n) is 20.9. The van der Waals surface area contributed by atoms with Crippen LogP contribution in [0.3, 0.4) is 0 Å². The summed E-state index contributed by atoms with van der Waals surface area (Å²) in [6.07, 6.45) is 1.78. The number of fused-ring (bicyclic) bond motifs is 1. The minimum atomic E-state index is -3.84. The summed E-state index contributed by atoms with van der Waals surface area (Å²) in [6, 6.07) is 19.7. The van der Waals surface area contributed by atoms with Gasteiger partial charge in [-0.3, -0.25) is 0 Å². The van der Waals surface area contributed by atoms with Crippen molar-refractivity contribution >= 4 is 32.4 Å². The van der Waals surface area contributed by atoms with E-state index in [2.05, 4.69) is 29.0 Å². The molecule has 0 N–H and O–H groups in total.